The molecule has 8 aromatic carbocycles. The summed E-state index contributed by atoms with van der Waals surface area (Å²) in [5.41, 5.74) is 9.36. The summed E-state index contributed by atoms with van der Waals surface area (Å²) in [7, 11) is -2.09. The second-order valence-corrected chi connectivity index (χ2v) is 19.2. The van der Waals surface area contributed by atoms with Crippen LogP contribution in [-0.2, 0) is 0 Å². The van der Waals surface area contributed by atoms with E-state index in [9.17, 15) is 0 Å². The number of aromatic nitrogens is 3. The van der Waals surface area contributed by atoms with Gasteiger partial charge in [0.15, 0.2) is 17.5 Å². The lowest BCUT2D eigenvalue weighted by Gasteiger charge is -2.19. The lowest BCUT2D eigenvalue weighted by atomic mass is 9.98. The van der Waals surface area contributed by atoms with E-state index in [0.717, 1.165) is 55.1 Å². The number of fused-ring (bicyclic) bond motifs is 9. The van der Waals surface area contributed by atoms with E-state index in [1.807, 2.05) is 6.07 Å². The smallest absolute Gasteiger partial charge is 0.164 e. The summed E-state index contributed by atoms with van der Waals surface area (Å²) in [6.07, 6.45) is 0. The second kappa shape index (κ2) is 11.7. The van der Waals surface area contributed by atoms with Crippen molar-refractivity contribution in [1.82, 2.24) is 15.0 Å². The van der Waals surface area contributed by atoms with E-state index in [1.54, 1.807) is 0 Å². The Morgan fingerprint density at radius 1 is 0.426 bits per heavy atom. The van der Waals surface area contributed by atoms with Crippen molar-refractivity contribution < 1.29 is 4.42 Å². The van der Waals surface area contributed by atoms with Crippen LogP contribution >= 0.6 is 0 Å². The van der Waals surface area contributed by atoms with E-state index in [-0.39, 0.29) is 0 Å². The Morgan fingerprint density at radius 3 is 1.78 bits per heavy atom. The third-order valence-electron chi connectivity index (χ3n) is 11.3. The van der Waals surface area contributed by atoms with Crippen molar-refractivity contribution >= 4 is 61.9 Å². The van der Waals surface area contributed by atoms with Gasteiger partial charge in [-0.05, 0) is 78.9 Å². The molecule has 0 saturated carbocycles. The Labute approximate surface area is 313 Å². The zero-order chi connectivity index (χ0) is 36.0. The highest BCUT2D eigenvalue weighted by atomic mass is 28.3. The minimum atomic E-state index is -2.09. The molecule has 1 aliphatic heterocycles. The molecule has 5 heteroatoms. The van der Waals surface area contributed by atoms with Gasteiger partial charge in [-0.25, -0.2) is 15.0 Å². The normalized spacial score (nSPS) is 13.1. The van der Waals surface area contributed by atoms with Gasteiger partial charge in [0.25, 0.3) is 0 Å². The van der Waals surface area contributed by atoms with Crippen LogP contribution in [0.25, 0.3) is 99.9 Å². The van der Waals surface area contributed by atoms with Crippen molar-refractivity contribution in [2.45, 2.75) is 13.1 Å². The van der Waals surface area contributed by atoms with Crippen molar-refractivity contribution in [2.24, 2.45) is 0 Å². The molecule has 2 aromatic heterocycles. The van der Waals surface area contributed by atoms with Crippen LogP contribution in [0.15, 0.2) is 168 Å². The highest BCUT2D eigenvalue weighted by molar-refractivity contribution is 7.04. The molecule has 10 aromatic rings. The fourth-order valence-corrected chi connectivity index (χ4v) is 11.6. The largest absolute Gasteiger partial charge is 0.455 e. The lowest BCUT2D eigenvalue weighted by molar-refractivity contribution is 0.670. The SMILES string of the molecule is C[Si]1(C)c2ccccc2-c2c1cc(-c1nc(-c3cccc(-c4ccc5ccccc5c4)c3)nc(-c3ccc4ccccc4c3)n1)c1c2oc2ccccc21. The first-order chi connectivity index (χ1) is 26.5. The summed E-state index contributed by atoms with van der Waals surface area (Å²) in [6.45, 7) is 4.88. The summed E-state index contributed by atoms with van der Waals surface area (Å²) in [5, 5.41) is 9.62. The van der Waals surface area contributed by atoms with Gasteiger partial charge in [-0.2, -0.15) is 0 Å². The van der Waals surface area contributed by atoms with Crippen LogP contribution in [0, 0.1) is 0 Å². The number of para-hydroxylation sites is 1. The fourth-order valence-electron chi connectivity index (χ4n) is 8.52. The van der Waals surface area contributed by atoms with Crippen molar-refractivity contribution in [1.29, 1.82) is 0 Å². The highest BCUT2D eigenvalue weighted by Gasteiger charge is 2.40. The highest BCUT2D eigenvalue weighted by Crippen LogP contribution is 2.43. The third-order valence-corrected chi connectivity index (χ3v) is 14.8. The molecule has 0 radical (unpaired) electrons. The molecule has 3 heterocycles. The Morgan fingerprint density at radius 2 is 1.00 bits per heavy atom. The van der Waals surface area contributed by atoms with Crippen LogP contribution in [0.1, 0.15) is 0 Å². The van der Waals surface area contributed by atoms with Gasteiger partial charge in [0.05, 0.1) is 0 Å². The fraction of sp³-hybridized carbons (Fsp3) is 0.0408. The Bertz CT molecular complexity index is 3160. The molecule has 0 fully saturated rings. The number of rotatable bonds is 4. The van der Waals surface area contributed by atoms with Crippen molar-refractivity contribution in [2.75, 3.05) is 0 Å². The summed E-state index contributed by atoms with van der Waals surface area (Å²) in [4.78, 5) is 15.9. The average Bonchev–Trinajstić information content (AvgIpc) is 3.72. The lowest BCUT2D eigenvalue weighted by Crippen LogP contribution is -2.49. The van der Waals surface area contributed by atoms with E-state index in [0.29, 0.717) is 17.5 Å². The van der Waals surface area contributed by atoms with Gasteiger partial charge in [-0.1, -0.05) is 147 Å². The molecular weight excluding hydrogens is 675 g/mol. The summed E-state index contributed by atoms with van der Waals surface area (Å²) in [5.74, 6) is 1.91. The molecule has 54 heavy (non-hydrogen) atoms. The monoisotopic (exact) mass is 707 g/mol. The summed E-state index contributed by atoms with van der Waals surface area (Å²) < 4.78 is 6.83. The topological polar surface area (TPSA) is 51.8 Å². The van der Waals surface area contributed by atoms with E-state index in [2.05, 4.69) is 171 Å². The van der Waals surface area contributed by atoms with Crippen LogP contribution in [0.3, 0.4) is 0 Å². The van der Waals surface area contributed by atoms with E-state index < -0.39 is 8.07 Å². The first kappa shape index (κ1) is 30.9. The molecule has 0 bridgehead atoms. The van der Waals surface area contributed by atoms with Crippen LogP contribution in [-0.4, -0.2) is 23.0 Å². The van der Waals surface area contributed by atoms with Crippen LogP contribution in [0.5, 0.6) is 0 Å². The number of hydrogen-bond donors (Lipinski definition) is 0. The molecule has 0 spiro atoms. The minimum absolute atomic E-state index is 0.632. The van der Waals surface area contributed by atoms with E-state index in [4.69, 9.17) is 19.4 Å². The maximum Gasteiger partial charge on any atom is 0.164 e. The van der Waals surface area contributed by atoms with Crippen LogP contribution in [0.4, 0.5) is 0 Å². The first-order valence-corrected chi connectivity index (χ1v) is 21.4. The van der Waals surface area contributed by atoms with Crippen molar-refractivity contribution in [3.8, 4) is 56.4 Å². The van der Waals surface area contributed by atoms with Crippen molar-refractivity contribution in [3.63, 3.8) is 0 Å². The molecule has 4 nitrogen and oxygen atoms in total. The van der Waals surface area contributed by atoms with Gasteiger partial charge in [-0.3, -0.25) is 0 Å². The van der Waals surface area contributed by atoms with Gasteiger partial charge >= 0.3 is 0 Å². The van der Waals surface area contributed by atoms with Crippen molar-refractivity contribution in [3.05, 3.63) is 164 Å². The van der Waals surface area contributed by atoms with Gasteiger partial charge in [-0.15, -0.1) is 0 Å². The van der Waals surface area contributed by atoms with E-state index >= 15 is 0 Å². The molecule has 0 atom stereocenters. The average molecular weight is 708 g/mol. The van der Waals surface area contributed by atoms with Gasteiger partial charge in [0, 0.05) is 33.0 Å². The quantitative estimate of drug-likeness (QED) is 0.171. The Kier molecular flexibility index (Phi) is 6.67. The van der Waals surface area contributed by atoms with Gasteiger partial charge in [0.2, 0.25) is 0 Å². The maximum absolute atomic E-state index is 6.83. The molecule has 0 aliphatic carbocycles. The summed E-state index contributed by atoms with van der Waals surface area (Å²) in [6, 6.07) is 58.1. The number of benzene rings is 8. The first-order valence-electron chi connectivity index (χ1n) is 18.4. The van der Waals surface area contributed by atoms with Crippen LogP contribution in [0.2, 0.25) is 13.1 Å². The molecule has 0 unspecified atom stereocenters. The number of furan rings is 1. The van der Waals surface area contributed by atoms with Gasteiger partial charge < -0.3 is 4.42 Å². The predicted molar refractivity (Wildman–Crippen MR) is 226 cm³/mol. The molecule has 254 valence electrons. The molecule has 0 amide bonds. The number of nitrogens with zero attached hydrogens (tertiary/aromatic N) is 3. The third kappa shape index (κ3) is 4.72. The van der Waals surface area contributed by atoms with E-state index in [1.165, 1.54) is 37.7 Å². The zero-order valence-corrected chi connectivity index (χ0v) is 30.8. The van der Waals surface area contributed by atoms with Gasteiger partial charge in [0.1, 0.15) is 19.2 Å². The minimum Gasteiger partial charge on any atom is -0.455 e. The molecule has 1 aliphatic rings. The van der Waals surface area contributed by atoms with Crippen LogP contribution < -0.4 is 10.4 Å². The maximum atomic E-state index is 6.83. The number of hydrogen-bond acceptors (Lipinski definition) is 4. The molecule has 0 N–H and O–H groups in total. The Balaban J connectivity index is 1.18. The molecular formula is C49H33N3OSi. The second-order valence-electron chi connectivity index (χ2n) is 14.8. The molecule has 11 rings (SSSR count). The predicted octanol–water partition coefficient (Wildman–Crippen LogP) is 11.5. The Hall–Kier alpha value is -6.69. The summed E-state index contributed by atoms with van der Waals surface area (Å²) >= 11 is 0. The zero-order valence-electron chi connectivity index (χ0n) is 29.8. The molecule has 0 saturated heterocycles. The standard InChI is InChI=1S/C49H33N3OSi/c1-54(2)42-21-10-8-19-39(42)45-43(54)29-40(44-38-18-7-9-20-41(38)53-46(44)45)49-51-47(50-48(52-49)37-25-23-31-13-4-6-15-33(31)27-37)36-17-11-16-34(28-36)35-24-22-30-12-3-5-14-32(30)26-35/h3-29H,1-2H3.